The number of amides is 1. The van der Waals surface area contributed by atoms with E-state index in [1.54, 1.807) is 24.8 Å². The second-order valence-corrected chi connectivity index (χ2v) is 6.91. The highest BCUT2D eigenvalue weighted by molar-refractivity contribution is 6.08. The largest absolute Gasteiger partial charge is 0.311 e. The second-order valence-electron chi connectivity index (χ2n) is 6.91. The van der Waals surface area contributed by atoms with Gasteiger partial charge in [0, 0.05) is 24.6 Å². The Bertz CT molecular complexity index is 888. The van der Waals surface area contributed by atoms with Gasteiger partial charge in [-0.2, -0.15) is 20.4 Å². The van der Waals surface area contributed by atoms with Crippen molar-refractivity contribution in [3.63, 3.8) is 0 Å². The third-order valence-corrected chi connectivity index (χ3v) is 5.11. The molecule has 1 aliphatic rings. The minimum absolute atomic E-state index is 0.138. The minimum Gasteiger partial charge on any atom is -0.311 e. The molecule has 0 aliphatic carbocycles. The summed E-state index contributed by atoms with van der Waals surface area (Å²) in [6.07, 6.45) is 8.87. The average molecular weight is 359 g/mol. The fourth-order valence-electron chi connectivity index (χ4n) is 3.99. The summed E-state index contributed by atoms with van der Waals surface area (Å²) in [6, 6.07) is 12.0. The van der Waals surface area contributed by atoms with Gasteiger partial charge >= 0.3 is 0 Å². The minimum atomic E-state index is -0.683. The Balaban J connectivity index is 1.85. The van der Waals surface area contributed by atoms with Gasteiger partial charge in [-0.15, -0.1) is 0 Å². The van der Waals surface area contributed by atoms with E-state index in [9.17, 15) is 4.79 Å². The van der Waals surface area contributed by atoms with Crippen molar-refractivity contribution in [1.29, 1.82) is 0 Å². The standard InChI is InChI=1S/C21H21N5O/c1-2-11-26-19-6-4-3-5-18(19)21(20(26)27,12-16-7-9-22-24-14-16)13-17-8-10-23-25-15-17/h3-10,14-15H,2,11-13H2,1H3. The summed E-state index contributed by atoms with van der Waals surface area (Å²) < 4.78 is 0. The summed E-state index contributed by atoms with van der Waals surface area (Å²) in [7, 11) is 0. The SMILES string of the molecule is CCCN1C(=O)C(Cc2ccnnc2)(Cc2ccnnc2)c2ccccc21. The molecule has 27 heavy (non-hydrogen) atoms. The van der Waals surface area contributed by atoms with E-state index >= 15 is 0 Å². The molecule has 0 saturated heterocycles. The molecule has 0 radical (unpaired) electrons. The summed E-state index contributed by atoms with van der Waals surface area (Å²) in [5, 5.41) is 15.7. The van der Waals surface area contributed by atoms with Gasteiger partial charge in [-0.05, 0) is 54.2 Å². The number of anilines is 1. The lowest BCUT2D eigenvalue weighted by Gasteiger charge is -2.29. The lowest BCUT2D eigenvalue weighted by atomic mass is 9.72. The second kappa shape index (κ2) is 7.23. The van der Waals surface area contributed by atoms with Gasteiger partial charge in [-0.25, -0.2) is 0 Å². The van der Waals surface area contributed by atoms with Gasteiger partial charge in [0.05, 0.1) is 17.8 Å². The van der Waals surface area contributed by atoms with Crippen LogP contribution in [0.4, 0.5) is 5.69 Å². The molecule has 0 N–H and O–H groups in total. The number of carbonyl (C=O) groups is 1. The molecular formula is C21H21N5O. The van der Waals surface area contributed by atoms with Gasteiger partial charge in [-0.1, -0.05) is 25.1 Å². The van der Waals surface area contributed by atoms with Crippen LogP contribution in [0.3, 0.4) is 0 Å². The summed E-state index contributed by atoms with van der Waals surface area (Å²) >= 11 is 0. The molecule has 0 unspecified atom stereocenters. The lowest BCUT2D eigenvalue weighted by Crippen LogP contribution is -2.44. The predicted octanol–water partition coefficient (Wildman–Crippen LogP) is 2.75. The van der Waals surface area contributed by atoms with E-state index in [4.69, 9.17) is 0 Å². The van der Waals surface area contributed by atoms with Gasteiger partial charge in [-0.3, -0.25) is 4.79 Å². The molecule has 136 valence electrons. The Morgan fingerprint density at radius 3 is 2.07 bits per heavy atom. The Labute approximate surface area is 158 Å². The first-order valence-corrected chi connectivity index (χ1v) is 9.17. The quantitative estimate of drug-likeness (QED) is 0.677. The number of para-hydroxylation sites is 1. The fourth-order valence-corrected chi connectivity index (χ4v) is 3.99. The van der Waals surface area contributed by atoms with Crippen LogP contribution in [0.15, 0.2) is 61.2 Å². The molecule has 1 aromatic carbocycles. The summed E-state index contributed by atoms with van der Waals surface area (Å²) in [6.45, 7) is 2.80. The van der Waals surface area contributed by atoms with E-state index in [1.807, 2.05) is 35.2 Å². The molecule has 3 heterocycles. The van der Waals surface area contributed by atoms with E-state index in [-0.39, 0.29) is 5.91 Å². The number of fused-ring (bicyclic) bond motifs is 1. The van der Waals surface area contributed by atoms with Crippen LogP contribution in [-0.4, -0.2) is 32.8 Å². The zero-order valence-corrected chi connectivity index (χ0v) is 15.2. The van der Waals surface area contributed by atoms with Crippen LogP contribution >= 0.6 is 0 Å². The highest BCUT2D eigenvalue weighted by atomic mass is 16.2. The molecule has 0 bridgehead atoms. The van der Waals surface area contributed by atoms with Crippen molar-refractivity contribution >= 4 is 11.6 Å². The molecule has 1 aliphatic heterocycles. The van der Waals surface area contributed by atoms with Crippen LogP contribution in [-0.2, 0) is 23.1 Å². The van der Waals surface area contributed by atoms with Crippen molar-refractivity contribution in [1.82, 2.24) is 20.4 Å². The van der Waals surface area contributed by atoms with Gasteiger partial charge in [0.25, 0.3) is 0 Å². The zero-order valence-electron chi connectivity index (χ0n) is 15.2. The average Bonchev–Trinajstić information content (AvgIpc) is 2.93. The maximum absolute atomic E-state index is 13.7. The van der Waals surface area contributed by atoms with Crippen LogP contribution in [0.2, 0.25) is 0 Å². The molecule has 0 fully saturated rings. The predicted molar refractivity (Wildman–Crippen MR) is 102 cm³/mol. The summed E-state index contributed by atoms with van der Waals surface area (Å²) in [4.78, 5) is 15.7. The van der Waals surface area contributed by atoms with Crippen LogP contribution in [0, 0.1) is 0 Å². The number of hydrogen-bond donors (Lipinski definition) is 0. The maximum Gasteiger partial charge on any atom is 0.238 e. The highest BCUT2D eigenvalue weighted by Gasteiger charge is 2.50. The van der Waals surface area contributed by atoms with Crippen molar-refractivity contribution in [3.05, 3.63) is 77.9 Å². The molecule has 0 spiro atoms. The van der Waals surface area contributed by atoms with Crippen LogP contribution < -0.4 is 4.90 Å². The number of aromatic nitrogens is 4. The van der Waals surface area contributed by atoms with E-state index in [0.717, 1.165) is 28.8 Å². The molecule has 0 atom stereocenters. The summed E-state index contributed by atoms with van der Waals surface area (Å²) in [5.41, 5.74) is 3.38. The Hall–Kier alpha value is -3.15. The third-order valence-electron chi connectivity index (χ3n) is 5.11. The highest BCUT2D eigenvalue weighted by Crippen LogP contribution is 2.45. The molecule has 6 nitrogen and oxygen atoms in total. The number of nitrogens with zero attached hydrogens (tertiary/aromatic N) is 5. The molecule has 0 saturated carbocycles. The first kappa shape index (κ1) is 17.3. The van der Waals surface area contributed by atoms with Crippen molar-refractivity contribution in [2.24, 2.45) is 0 Å². The fraction of sp³-hybridized carbons (Fsp3) is 0.286. The topological polar surface area (TPSA) is 71.9 Å². The third kappa shape index (κ3) is 3.07. The number of hydrogen-bond acceptors (Lipinski definition) is 5. The number of carbonyl (C=O) groups excluding carboxylic acids is 1. The first-order valence-electron chi connectivity index (χ1n) is 9.17. The molecule has 6 heteroatoms. The lowest BCUT2D eigenvalue weighted by molar-refractivity contribution is -0.123. The Kier molecular flexibility index (Phi) is 4.62. The van der Waals surface area contributed by atoms with Crippen molar-refractivity contribution in [3.8, 4) is 0 Å². The Morgan fingerprint density at radius 1 is 0.889 bits per heavy atom. The van der Waals surface area contributed by atoms with E-state index in [1.165, 1.54) is 0 Å². The van der Waals surface area contributed by atoms with Crippen molar-refractivity contribution in [2.45, 2.75) is 31.6 Å². The maximum atomic E-state index is 13.7. The molecular weight excluding hydrogens is 338 g/mol. The van der Waals surface area contributed by atoms with E-state index in [0.29, 0.717) is 19.4 Å². The van der Waals surface area contributed by atoms with Gasteiger partial charge in [0.15, 0.2) is 0 Å². The van der Waals surface area contributed by atoms with Gasteiger partial charge < -0.3 is 4.90 Å². The normalized spacial score (nSPS) is 15.0. The Morgan fingerprint density at radius 2 is 1.52 bits per heavy atom. The van der Waals surface area contributed by atoms with Gasteiger partial charge in [0.2, 0.25) is 5.91 Å². The van der Waals surface area contributed by atoms with Gasteiger partial charge in [0.1, 0.15) is 0 Å². The molecule has 4 rings (SSSR count). The van der Waals surface area contributed by atoms with E-state index < -0.39 is 5.41 Å². The van der Waals surface area contributed by atoms with Crippen LogP contribution in [0.25, 0.3) is 0 Å². The first-order chi connectivity index (χ1) is 13.2. The van der Waals surface area contributed by atoms with E-state index in [2.05, 4.69) is 33.4 Å². The molecule has 2 aromatic heterocycles. The molecule has 1 amide bonds. The monoisotopic (exact) mass is 359 g/mol. The smallest absolute Gasteiger partial charge is 0.238 e. The zero-order chi connectivity index (χ0) is 18.7. The van der Waals surface area contributed by atoms with Crippen LogP contribution in [0.5, 0.6) is 0 Å². The number of rotatable bonds is 6. The van der Waals surface area contributed by atoms with Crippen molar-refractivity contribution < 1.29 is 4.79 Å². The summed E-state index contributed by atoms with van der Waals surface area (Å²) in [5.74, 6) is 0.138. The van der Waals surface area contributed by atoms with Crippen LogP contribution in [0.1, 0.15) is 30.0 Å². The number of benzene rings is 1. The van der Waals surface area contributed by atoms with Crippen molar-refractivity contribution in [2.75, 3.05) is 11.4 Å². The molecule has 3 aromatic rings.